The zero-order valence-corrected chi connectivity index (χ0v) is 16.4. The van der Waals surface area contributed by atoms with Gasteiger partial charge in [0.25, 0.3) is 0 Å². The maximum atomic E-state index is 8.74. The van der Waals surface area contributed by atoms with Crippen molar-refractivity contribution < 1.29 is 28.7 Å². The van der Waals surface area contributed by atoms with Crippen molar-refractivity contribution in [1.82, 2.24) is 0 Å². The van der Waals surface area contributed by atoms with E-state index in [4.69, 9.17) is 28.7 Å². The van der Waals surface area contributed by atoms with Crippen molar-refractivity contribution in [3.05, 3.63) is 0 Å². The Morgan fingerprint density at radius 3 is 0.667 bits per heavy atom. The summed E-state index contributed by atoms with van der Waals surface area (Å²) in [6, 6.07) is 0. The van der Waals surface area contributed by atoms with Gasteiger partial charge in [-0.1, -0.05) is 55.4 Å². The molecule has 0 spiro atoms. The highest BCUT2D eigenvalue weighted by Crippen LogP contribution is 2.48. The fourth-order valence-corrected chi connectivity index (χ4v) is 4.00. The average Bonchev–Trinajstić information content (AvgIpc) is 2.12. The second-order valence-electron chi connectivity index (χ2n) is 6.18. The Hall–Kier alpha value is 0.300. The predicted octanol–water partition coefficient (Wildman–Crippen LogP) is 3.32. The Bertz CT molecular complexity index is 246. The molecule has 0 rings (SSSR count). The van der Waals surface area contributed by atoms with Crippen LogP contribution in [0.5, 0.6) is 0 Å². The molecule has 0 aromatic carbocycles. The second kappa shape index (κ2) is 12.8. The summed E-state index contributed by atoms with van der Waals surface area (Å²) < 4.78 is 17.5. The molecule has 0 aliphatic carbocycles. The monoisotopic (exact) mass is 348 g/mol. The maximum Gasteiger partial charge on any atom is 0.314 e. The van der Waals surface area contributed by atoms with Crippen molar-refractivity contribution in [1.29, 1.82) is 0 Å². The largest absolute Gasteiger partial charge is 0.326 e. The van der Waals surface area contributed by atoms with E-state index < -0.39 is 16.5 Å². The van der Waals surface area contributed by atoms with Crippen LogP contribution in [0.1, 0.15) is 55.4 Å². The zero-order chi connectivity index (χ0) is 18.0. The zero-order valence-electron chi connectivity index (χ0n) is 14.4. The van der Waals surface area contributed by atoms with E-state index in [0.717, 1.165) is 23.7 Å². The van der Waals surface area contributed by atoms with Gasteiger partial charge < -0.3 is 19.6 Å². The molecule has 0 saturated carbocycles. The molecule has 0 aromatic rings. The average molecular weight is 348 g/mol. The van der Waals surface area contributed by atoms with Gasteiger partial charge in [0.05, 0.1) is 0 Å². The van der Waals surface area contributed by atoms with Gasteiger partial charge >= 0.3 is 16.5 Å². The first kappa shape index (κ1) is 26.2. The van der Waals surface area contributed by atoms with Gasteiger partial charge in [-0.3, -0.25) is 9.13 Å². The molecular formula is C13H34O6P2. The lowest BCUT2D eigenvalue weighted by Crippen LogP contribution is -2.42. The van der Waals surface area contributed by atoms with E-state index in [2.05, 4.69) is 55.4 Å². The predicted molar refractivity (Wildman–Crippen MR) is 88.7 cm³/mol. The van der Waals surface area contributed by atoms with E-state index in [1.54, 1.807) is 0 Å². The fourth-order valence-electron chi connectivity index (χ4n) is 4.00. The van der Waals surface area contributed by atoms with Crippen molar-refractivity contribution in [3.63, 3.8) is 0 Å². The first-order valence-corrected chi connectivity index (χ1v) is 9.68. The molecule has 0 atom stereocenters. The highest BCUT2D eigenvalue weighted by Gasteiger charge is 2.42. The van der Waals surface area contributed by atoms with E-state index in [9.17, 15) is 0 Å². The SMILES string of the molecule is CC(C)C(C(C)C)(C(C)C)C(C)C.O=[PH](O)O.O=[PH](O)O. The molecule has 0 aliphatic heterocycles. The van der Waals surface area contributed by atoms with Gasteiger partial charge in [0.15, 0.2) is 0 Å². The fraction of sp³-hybridized carbons (Fsp3) is 1.00. The van der Waals surface area contributed by atoms with Crippen LogP contribution < -0.4 is 0 Å². The van der Waals surface area contributed by atoms with Crippen LogP contribution in [0, 0.1) is 29.1 Å². The van der Waals surface area contributed by atoms with Gasteiger partial charge in [-0.15, -0.1) is 0 Å². The number of hydrogen-bond acceptors (Lipinski definition) is 2. The second-order valence-corrected chi connectivity index (χ2v) is 7.31. The van der Waals surface area contributed by atoms with Crippen LogP contribution in [0.25, 0.3) is 0 Å². The Kier molecular flexibility index (Phi) is 16.0. The summed E-state index contributed by atoms with van der Waals surface area (Å²) in [6.45, 7) is 19.0. The summed E-state index contributed by atoms with van der Waals surface area (Å²) in [7, 11) is -6.26. The minimum atomic E-state index is -3.13. The maximum absolute atomic E-state index is 8.74. The molecule has 0 radical (unpaired) electrons. The van der Waals surface area contributed by atoms with Crippen LogP contribution in [0.4, 0.5) is 0 Å². The highest BCUT2D eigenvalue weighted by molar-refractivity contribution is 7.31. The van der Waals surface area contributed by atoms with Crippen molar-refractivity contribution in [3.8, 4) is 0 Å². The third-order valence-electron chi connectivity index (χ3n) is 4.00. The summed E-state index contributed by atoms with van der Waals surface area (Å²) >= 11 is 0. The lowest BCUT2D eigenvalue weighted by atomic mass is 9.56. The molecule has 8 heteroatoms. The number of hydrogen-bond donors (Lipinski definition) is 4. The van der Waals surface area contributed by atoms with E-state index in [1.165, 1.54) is 0 Å². The van der Waals surface area contributed by atoms with Crippen molar-refractivity contribution in [2.75, 3.05) is 0 Å². The van der Waals surface area contributed by atoms with Gasteiger partial charge in [0.1, 0.15) is 0 Å². The Balaban J connectivity index is -0.000000334. The summed E-state index contributed by atoms with van der Waals surface area (Å²) in [5.74, 6) is 3.08. The number of rotatable bonds is 4. The van der Waals surface area contributed by atoms with E-state index >= 15 is 0 Å². The van der Waals surface area contributed by atoms with Gasteiger partial charge in [-0.2, -0.15) is 0 Å². The van der Waals surface area contributed by atoms with Crippen LogP contribution >= 0.6 is 16.5 Å². The smallest absolute Gasteiger partial charge is 0.314 e. The third-order valence-corrected chi connectivity index (χ3v) is 4.00. The van der Waals surface area contributed by atoms with E-state index in [-0.39, 0.29) is 0 Å². The molecular weight excluding hydrogens is 314 g/mol. The van der Waals surface area contributed by atoms with E-state index in [1.807, 2.05) is 0 Å². The van der Waals surface area contributed by atoms with Crippen LogP contribution in [0.3, 0.4) is 0 Å². The molecule has 0 heterocycles. The lowest BCUT2D eigenvalue weighted by Gasteiger charge is -2.49. The quantitative estimate of drug-likeness (QED) is 0.579. The van der Waals surface area contributed by atoms with Gasteiger partial charge in [0, 0.05) is 0 Å². The Morgan fingerprint density at radius 2 is 0.667 bits per heavy atom. The summed E-state index contributed by atoms with van der Waals surface area (Å²) in [5.41, 5.74) is 0.500. The molecule has 0 bridgehead atoms. The van der Waals surface area contributed by atoms with Gasteiger partial charge in [-0.25, -0.2) is 0 Å². The minimum absolute atomic E-state index is 0.500. The normalized spacial score (nSPS) is 11.9. The summed E-state index contributed by atoms with van der Waals surface area (Å²) in [4.78, 5) is 28.6. The Morgan fingerprint density at radius 1 is 0.571 bits per heavy atom. The molecule has 0 saturated heterocycles. The van der Waals surface area contributed by atoms with Crippen molar-refractivity contribution >= 4 is 16.5 Å². The minimum Gasteiger partial charge on any atom is -0.326 e. The standard InChI is InChI=1S/C13H28.2H3O3P/c1-9(2)13(10(3)4,11(5)6)12(7)8;2*1-4(2)3/h9-12H,1-8H3;2*4H,(H2,1,2,3). The van der Waals surface area contributed by atoms with Crippen LogP contribution in [0.2, 0.25) is 0 Å². The third kappa shape index (κ3) is 11.5. The summed E-state index contributed by atoms with van der Waals surface area (Å²) in [5, 5.41) is 0. The molecule has 21 heavy (non-hydrogen) atoms. The molecule has 0 aromatic heterocycles. The molecule has 0 fully saturated rings. The highest BCUT2D eigenvalue weighted by atomic mass is 31.1. The van der Waals surface area contributed by atoms with Crippen LogP contribution in [0.15, 0.2) is 0 Å². The molecule has 6 nitrogen and oxygen atoms in total. The van der Waals surface area contributed by atoms with Gasteiger partial charge in [0.2, 0.25) is 0 Å². The summed E-state index contributed by atoms with van der Waals surface area (Å²) in [6.07, 6.45) is 0. The Labute approximate surface area is 130 Å². The van der Waals surface area contributed by atoms with Crippen LogP contribution in [-0.4, -0.2) is 19.6 Å². The van der Waals surface area contributed by atoms with E-state index in [0.29, 0.717) is 5.41 Å². The first-order chi connectivity index (χ1) is 9.24. The molecule has 0 aliphatic rings. The molecule has 4 N–H and O–H groups in total. The van der Waals surface area contributed by atoms with Gasteiger partial charge in [-0.05, 0) is 29.1 Å². The first-order valence-electron chi connectivity index (χ1n) is 7.08. The van der Waals surface area contributed by atoms with Crippen molar-refractivity contribution in [2.45, 2.75) is 55.4 Å². The molecule has 132 valence electrons. The topological polar surface area (TPSA) is 115 Å². The molecule has 0 amide bonds. The van der Waals surface area contributed by atoms with Crippen LogP contribution in [-0.2, 0) is 9.13 Å². The van der Waals surface area contributed by atoms with Crippen molar-refractivity contribution in [2.24, 2.45) is 29.1 Å². The molecule has 0 unspecified atom stereocenters. The lowest BCUT2D eigenvalue weighted by molar-refractivity contribution is -0.00353.